The molecule has 4 atom stereocenters. The zero-order chi connectivity index (χ0) is 30.5. The van der Waals surface area contributed by atoms with Gasteiger partial charge in [-0.05, 0) is 79.3 Å². The Bertz CT molecular complexity index is 1790. The predicted molar refractivity (Wildman–Crippen MR) is 168 cm³/mol. The van der Waals surface area contributed by atoms with Crippen molar-refractivity contribution in [1.29, 1.82) is 0 Å². The van der Waals surface area contributed by atoms with Crippen molar-refractivity contribution in [2.45, 2.75) is 49.9 Å². The molecule has 2 aliphatic rings. The fourth-order valence-electron chi connectivity index (χ4n) is 6.38. The monoisotopic (exact) mass is 595 g/mol. The van der Waals surface area contributed by atoms with E-state index in [1.54, 1.807) is 24.3 Å². The maximum absolute atomic E-state index is 14.2. The van der Waals surface area contributed by atoms with Crippen molar-refractivity contribution in [2.75, 3.05) is 5.73 Å². The first-order chi connectivity index (χ1) is 20.6. The number of carbonyl (C=O) groups is 3. The van der Waals surface area contributed by atoms with Crippen LogP contribution >= 0.6 is 11.3 Å². The molecule has 1 aromatic heterocycles. The summed E-state index contributed by atoms with van der Waals surface area (Å²) >= 11 is 1.20. The van der Waals surface area contributed by atoms with Crippen molar-refractivity contribution in [3.8, 4) is 11.5 Å². The second-order valence-corrected chi connectivity index (χ2v) is 12.1. The molecule has 0 saturated heterocycles. The van der Waals surface area contributed by atoms with Gasteiger partial charge in [0.05, 0.1) is 15.6 Å². The van der Waals surface area contributed by atoms with Gasteiger partial charge in [0.1, 0.15) is 17.0 Å². The van der Waals surface area contributed by atoms with Crippen LogP contribution in [0.2, 0.25) is 0 Å². The topological polar surface area (TPSA) is 163 Å². The van der Waals surface area contributed by atoms with Gasteiger partial charge in [-0.1, -0.05) is 36.9 Å². The van der Waals surface area contributed by atoms with Crippen LogP contribution in [0, 0.1) is 6.92 Å². The van der Waals surface area contributed by atoms with E-state index in [9.17, 15) is 14.4 Å². The van der Waals surface area contributed by atoms with Crippen molar-refractivity contribution < 1.29 is 19.1 Å². The molecular weight excluding hydrogens is 562 g/mol. The molecule has 2 unspecified atom stereocenters. The van der Waals surface area contributed by atoms with E-state index in [4.69, 9.17) is 21.9 Å². The molecule has 0 spiro atoms. The first kappa shape index (κ1) is 28.6. The summed E-state index contributed by atoms with van der Waals surface area (Å²) < 4.78 is 6.65. The van der Waals surface area contributed by atoms with Crippen molar-refractivity contribution in [3.63, 3.8) is 0 Å². The Kier molecular flexibility index (Phi) is 7.29. The smallest absolute Gasteiger partial charge is 0.262 e. The summed E-state index contributed by atoms with van der Waals surface area (Å²) in [5.74, 6) is 0.222. The molecule has 1 fully saturated rings. The Morgan fingerprint density at radius 3 is 2.42 bits per heavy atom. The number of nitrogen functional groups attached to an aromatic ring is 1. The molecular formula is C33H33N5O4S. The van der Waals surface area contributed by atoms with Crippen LogP contribution in [0.4, 0.5) is 5.69 Å². The molecule has 0 radical (unpaired) electrons. The normalized spacial score (nSPS) is 22.8. The third-order valence-electron chi connectivity index (χ3n) is 8.47. The maximum Gasteiger partial charge on any atom is 0.262 e. The number of benzene rings is 3. The number of nitrogens with two attached hydrogens (primary N) is 3. The average Bonchev–Trinajstić information content (AvgIpc) is 3.61. The Morgan fingerprint density at radius 2 is 1.72 bits per heavy atom. The SMILES string of the molecule is C=CC(=O)N[C@H]1CCC[C@@H]1NC(=O)c1sc2c(N)ccc3c2c1C(N)C(=O)C3(N)c1ccc(Oc2ccccc2)cc1C. The first-order valence-corrected chi connectivity index (χ1v) is 15.0. The van der Waals surface area contributed by atoms with Crippen LogP contribution in [0.5, 0.6) is 11.5 Å². The van der Waals surface area contributed by atoms with E-state index in [-0.39, 0.29) is 23.9 Å². The number of thiophene rings is 1. The van der Waals surface area contributed by atoms with Crippen LogP contribution in [-0.4, -0.2) is 29.7 Å². The number of rotatable bonds is 7. The summed E-state index contributed by atoms with van der Waals surface area (Å²) in [6.07, 6.45) is 3.52. The Balaban J connectivity index is 1.40. The Morgan fingerprint density at radius 1 is 1.02 bits per heavy atom. The summed E-state index contributed by atoms with van der Waals surface area (Å²) in [6, 6.07) is 16.6. The number of ketones is 1. The van der Waals surface area contributed by atoms with Crippen molar-refractivity contribution >= 4 is 44.7 Å². The van der Waals surface area contributed by atoms with E-state index in [2.05, 4.69) is 17.2 Å². The van der Waals surface area contributed by atoms with Crippen molar-refractivity contribution in [2.24, 2.45) is 11.5 Å². The standard InChI is InChI=1S/C33H33N5O4S/c1-3-25(39)37-23-10-7-11-24(23)38-32(41)30-27-26-21(14-15-22(34)29(26)43-30)33(36,31(40)28(27)35)20-13-12-19(16-17(20)2)42-18-8-5-4-6-9-18/h3-6,8-9,12-16,23-24,28H,1,7,10-11,34-36H2,2H3,(H,37,39)(H,38,41)/t23-,24-,28?,33?/m0/s1. The molecule has 4 aromatic rings. The van der Waals surface area contributed by atoms with Crippen LogP contribution in [0.3, 0.4) is 0 Å². The summed E-state index contributed by atoms with van der Waals surface area (Å²) in [4.78, 5) is 40.2. The molecule has 1 saturated carbocycles. The van der Waals surface area contributed by atoms with Gasteiger partial charge in [-0.2, -0.15) is 0 Å². The van der Waals surface area contributed by atoms with Gasteiger partial charge < -0.3 is 32.6 Å². The van der Waals surface area contributed by atoms with Crippen LogP contribution in [0.15, 0.2) is 73.3 Å². The lowest BCUT2D eigenvalue weighted by atomic mass is 9.69. The quantitative estimate of drug-likeness (QED) is 0.157. The summed E-state index contributed by atoms with van der Waals surface area (Å²) in [7, 11) is 0. The number of carbonyl (C=O) groups excluding carboxylic acids is 3. The van der Waals surface area contributed by atoms with E-state index in [1.165, 1.54) is 17.4 Å². The minimum Gasteiger partial charge on any atom is -0.457 e. The highest BCUT2D eigenvalue weighted by Gasteiger charge is 2.49. The van der Waals surface area contributed by atoms with Gasteiger partial charge in [0.2, 0.25) is 5.91 Å². The lowest BCUT2D eigenvalue weighted by Gasteiger charge is -2.37. The third kappa shape index (κ3) is 4.77. The number of nitrogens with one attached hydrogen (secondary N) is 2. The fraction of sp³-hybridized carbons (Fsp3) is 0.242. The van der Waals surface area contributed by atoms with E-state index in [1.807, 2.05) is 43.3 Å². The summed E-state index contributed by atoms with van der Waals surface area (Å²) in [5.41, 5.74) is 21.4. The van der Waals surface area contributed by atoms with E-state index in [0.717, 1.165) is 18.4 Å². The molecule has 43 heavy (non-hydrogen) atoms. The number of anilines is 1. The fourth-order valence-corrected chi connectivity index (χ4v) is 7.58. The van der Waals surface area contributed by atoms with Gasteiger partial charge in [0, 0.05) is 28.7 Å². The number of hydrogen-bond donors (Lipinski definition) is 5. The van der Waals surface area contributed by atoms with Gasteiger partial charge in [0.15, 0.2) is 5.78 Å². The number of Topliss-reactive ketones (excluding diaryl/α,β-unsaturated/α-hetero) is 1. The van der Waals surface area contributed by atoms with Crippen molar-refractivity contribution in [1.82, 2.24) is 10.6 Å². The van der Waals surface area contributed by atoms with Gasteiger partial charge in [-0.3, -0.25) is 14.4 Å². The van der Waals surface area contributed by atoms with E-state index in [0.29, 0.717) is 55.3 Å². The van der Waals surface area contributed by atoms with E-state index >= 15 is 0 Å². The molecule has 0 aliphatic heterocycles. The maximum atomic E-state index is 14.2. The molecule has 3 aromatic carbocycles. The molecule has 2 aliphatic carbocycles. The number of ether oxygens (including phenoxy) is 1. The number of aryl methyl sites for hydroxylation is 1. The van der Waals surface area contributed by atoms with E-state index < -0.39 is 17.4 Å². The molecule has 220 valence electrons. The molecule has 6 rings (SSSR count). The number of amides is 2. The summed E-state index contributed by atoms with van der Waals surface area (Å²) in [6.45, 7) is 5.39. The molecule has 8 N–H and O–H groups in total. The van der Waals surface area contributed by atoms with Gasteiger partial charge in [0.25, 0.3) is 5.91 Å². The zero-order valence-corrected chi connectivity index (χ0v) is 24.5. The summed E-state index contributed by atoms with van der Waals surface area (Å²) in [5, 5.41) is 6.60. The molecule has 2 amide bonds. The highest BCUT2D eigenvalue weighted by molar-refractivity contribution is 7.21. The second kappa shape index (κ2) is 11.0. The van der Waals surface area contributed by atoms with Crippen LogP contribution in [0.25, 0.3) is 10.1 Å². The minimum absolute atomic E-state index is 0.218. The number of para-hydroxylation sites is 1. The Hall–Kier alpha value is -4.51. The largest absolute Gasteiger partial charge is 0.457 e. The molecule has 9 nitrogen and oxygen atoms in total. The van der Waals surface area contributed by atoms with Crippen LogP contribution < -0.4 is 32.6 Å². The lowest BCUT2D eigenvalue weighted by Crippen LogP contribution is -2.53. The number of hydrogen-bond acceptors (Lipinski definition) is 8. The third-order valence-corrected chi connectivity index (χ3v) is 9.72. The van der Waals surface area contributed by atoms with Crippen LogP contribution in [0.1, 0.15) is 57.2 Å². The highest BCUT2D eigenvalue weighted by Crippen LogP contribution is 2.50. The zero-order valence-electron chi connectivity index (χ0n) is 23.7. The minimum atomic E-state index is -1.58. The first-order valence-electron chi connectivity index (χ1n) is 14.2. The molecule has 1 heterocycles. The van der Waals surface area contributed by atoms with Crippen molar-refractivity contribution in [3.05, 3.63) is 100 Å². The average molecular weight is 596 g/mol. The highest BCUT2D eigenvalue weighted by atomic mass is 32.1. The second-order valence-electron chi connectivity index (χ2n) is 11.1. The predicted octanol–water partition coefficient (Wildman–Crippen LogP) is 4.32. The van der Waals surface area contributed by atoms with Gasteiger partial charge in [-0.15, -0.1) is 11.3 Å². The molecule has 0 bridgehead atoms. The lowest BCUT2D eigenvalue weighted by molar-refractivity contribution is -0.124. The molecule has 10 heteroatoms. The van der Waals surface area contributed by atoms with Gasteiger partial charge in [-0.25, -0.2) is 0 Å². The van der Waals surface area contributed by atoms with Gasteiger partial charge >= 0.3 is 0 Å². The van der Waals surface area contributed by atoms with Crippen LogP contribution in [-0.2, 0) is 15.1 Å². The Labute approximate surface area is 253 Å².